The van der Waals surface area contributed by atoms with Crippen LogP contribution >= 0.6 is 11.6 Å². The summed E-state index contributed by atoms with van der Waals surface area (Å²) in [4.78, 5) is 21.9. The zero-order valence-electron chi connectivity index (χ0n) is 13.5. The number of carbonyl (C=O) groups is 1. The Bertz CT molecular complexity index is 883. The lowest BCUT2D eigenvalue weighted by Crippen LogP contribution is -2.33. The van der Waals surface area contributed by atoms with Gasteiger partial charge in [-0.25, -0.2) is 8.42 Å². The molecule has 2 rings (SSSR count). The number of nitro benzene ring substituents is 1. The number of anilines is 1. The first-order valence-electron chi connectivity index (χ1n) is 7.51. The molecule has 10 heteroatoms. The first-order chi connectivity index (χ1) is 12.3. The second-order valence-electron chi connectivity index (χ2n) is 5.29. The molecule has 2 N–H and O–H groups in total. The lowest BCUT2D eigenvalue weighted by atomic mass is 10.3. The van der Waals surface area contributed by atoms with Gasteiger partial charge in [-0.3, -0.25) is 14.9 Å². The number of nitrogens with zero attached hydrogens (tertiary/aromatic N) is 1. The van der Waals surface area contributed by atoms with Crippen molar-refractivity contribution in [1.29, 1.82) is 0 Å². The number of non-ortho nitro benzene ring substituents is 1. The van der Waals surface area contributed by atoms with Crippen molar-refractivity contribution in [2.24, 2.45) is 0 Å². The maximum atomic E-state index is 12.1. The van der Waals surface area contributed by atoms with E-state index >= 15 is 0 Å². The van der Waals surface area contributed by atoms with Gasteiger partial charge in [0.05, 0.1) is 9.82 Å². The molecule has 0 radical (unpaired) electrons. The highest BCUT2D eigenvalue weighted by Gasteiger charge is 2.18. The Balaban J connectivity index is 1.78. The molecule has 0 bridgehead atoms. The van der Waals surface area contributed by atoms with E-state index in [-0.39, 0.29) is 17.1 Å². The van der Waals surface area contributed by atoms with E-state index in [0.717, 1.165) is 0 Å². The Morgan fingerprint density at radius 3 is 2.23 bits per heavy atom. The SMILES string of the molecule is O=C(CS(=O)(=O)c1ccc(Cl)cc1)NCCNc1ccc([N+](=O)[O-])cc1. The average Bonchev–Trinajstić information content (AvgIpc) is 2.59. The van der Waals surface area contributed by atoms with Crippen molar-refractivity contribution in [3.63, 3.8) is 0 Å². The maximum Gasteiger partial charge on any atom is 0.269 e. The first-order valence-corrected chi connectivity index (χ1v) is 9.54. The number of nitro groups is 1. The molecule has 0 atom stereocenters. The number of rotatable bonds is 8. The molecule has 0 aromatic heterocycles. The summed E-state index contributed by atoms with van der Waals surface area (Å²) in [6.45, 7) is 0.538. The lowest BCUT2D eigenvalue weighted by molar-refractivity contribution is -0.384. The number of halogens is 1. The van der Waals surface area contributed by atoms with Crippen molar-refractivity contribution in [1.82, 2.24) is 5.32 Å². The van der Waals surface area contributed by atoms with Crippen molar-refractivity contribution < 1.29 is 18.1 Å². The molecule has 0 heterocycles. The molecule has 0 spiro atoms. The quantitative estimate of drug-likeness (QED) is 0.400. The molecule has 0 aliphatic rings. The van der Waals surface area contributed by atoms with Crippen LogP contribution in [-0.4, -0.2) is 38.1 Å². The highest BCUT2D eigenvalue weighted by molar-refractivity contribution is 7.92. The number of benzene rings is 2. The molecular weight excluding hydrogens is 382 g/mol. The first kappa shape index (κ1) is 19.7. The minimum absolute atomic E-state index is 0.0174. The molecule has 1 amide bonds. The highest BCUT2D eigenvalue weighted by atomic mass is 35.5. The van der Waals surface area contributed by atoms with Crippen molar-refractivity contribution in [3.05, 3.63) is 63.7 Å². The molecule has 26 heavy (non-hydrogen) atoms. The minimum atomic E-state index is -3.73. The van der Waals surface area contributed by atoms with Crippen LogP contribution in [0.25, 0.3) is 0 Å². The van der Waals surface area contributed by atoms with Gasteiger partial charge in [0.1, 0.15) is 5.75 Å². The van der Waals surface area contributed by atoms with E-state index < -0.39 is 26.4 Å². The van der Waals surface area contributed by atoms with E-state index in [0.29, 0.717) is 17.3 Å². The summed E-state index contributed by atoms with van der Waals surface area (Å²) in [5.41, 5.74) is 0.634. The van der Waals surface area contributed by atoms with E-state index in [4.69, 9.17) is 11.6 Å². The Morgan fingerprint density at radius 1 is 1.04 bits per heavy atom. The van der Waals surface area contributed by atoms with E-state index in [1.54, 1.807) is 12.1 Å². The number of amides is 1. The molecule has 2 aromatic rings. The molecule has 138 valence electrons. The van der Waals surface area contributed by atoms with Crippen molar-refractivity contribution in [2.75, 3.05) is 24.2 Å². The molecule has 0 unspecified atom stereocenters. The molecule has 0 fully saturated rings. The van der Waals surface area contributed by atoms with Gasteiger partial charge in [0.15, 0.2) is 9.84 Å². The zero-order valence-corrected chi connectivity index (χ0v) is 15.1. The fourth-order valence-corrected chi connectivity index (χ4v) is 3.35. The third kappa shape index (κ3) is 5.71. The van der Waals surface area contributed by atoms with Gasteiger partial charge in [0.25, 0.3) is 5.69 Å². The molecule has 8 nitrogen and oxygen atoms in total. The second-order valence-corrected chi connectivity index (χ2v) is 7.72. The van der Waals surface area contributed by atoms with Crippen molar-refractivity contribution in [2.45, 2.75) is 4.90 Å². The van der Waals surface area contributed by atoms with Gasteiger partial charge in [0.2, 0.25) is 5.91 Å². The van der Waals surface area contributed by atoms with E-state index in [1.807, 2.05) is 0 Å². The zero-order chi connectivity index (χ0) is 19.2. The number of sulfone groups is 1. The number of hydrogen-bond donors (Lipinski definition) is 2. The largest absolute Gasteiger partial charge is 0.383 e. The van der Waals surface area contributed by atoms with Crippen LogP contribution in [0.2, 0.25) is 5.02 Å². The van der Waals surface area contributed by atoms with Crippen LogP contribution in [-0.2, 0) is 14.6 Å². The Morgan fingerprint density at radius 2 is 1.65 bits per heavy atom. The molecule has 0 saturated carbocycles. The summed E-state index contributed by atoms with van der Waals surface area (Å²) >= 11 is 5.71. The fraction of sp³-hybridized carbons (Fsp3) is 0.188. The molecule has 0 saturated heterocycles. The predicted octanol–water partition coefficient (Wildman–Crippen LogP) is 2.25. The van der Waals surface area contributed by atoms with Gasteiger partial charge in [-0.1, -0.05) is 11.6 Å². The van der Waals surface area contributed by atoms with E-state index in [1.165, 1.54) is 36.4 Å². The standard InChI is InChI=1S/C16H16ClN3O5S/c17-12-1-7-15(8-2-12)26(24,25)11-16(21)19-10-9-18-13-3-5-14(6-4-13)20(22)23/h1-8,18H,9-11H2,(H,19,21). The number of carbonyl (C=O) groups excluding carboxylic acids is 1. The molecule has 0 aliphatic carbocycles. The van der Waals surface area contributed by atoms with E-state index in [9.17, 15) is 23.3 Å². The average molecular weight is 398 g/mol. The monoisotopic (exact) mass is 397 g/mol. The number of nitrogens with one attached hydrogen (secondary N) is 2. The van der Waals surface area contributed by atoms with Crippen LogP contribution in [0.15, 0.2) is 53.4 Å². The van der Waals surface area contributed by atoms with Gasteiger partial charge in [-0.15, -0.1) is 0 Å². The van der Waals surface area contributed by atoms with Gasteiger partial charge < -0.3 is 10.6 Å². The Labute approximate surface area is 155 Å². The van der Waals surface area contributed by atoms with Crippen LogP contribution in [0.3, 0.4) is 0 Å². The third-order valence-electron chi connectivity index (χ3n) is 3.35. The normalized spacial score (nSPS) is 11.0. The van der Waals surface area contributed by atoms with Gasteiger partial charge in [-0.05, 0) is 36.4 Å². The van der Waals surface area contributed by atoms with Gasteiger partial charge >= 0.3 is 0 Å². The molecule has 2 aromatic carbocycles. The second kappa shape index (κ2) is 8.63. The maximum absolute atomic E-state index is 12.1. The van der Waals surface area contributed by atoms with Crippen molar-refractivity contribution in [3.8, 4) is 0 Å². The van der Waals surface area contributed by atoms with Crippen LogP contribution in [0.1, 0.15) is 0 Å². The van der Waals surface area contributed by atoms with Crippen LogP contribution in [0, 0.1) is 10.1 Å². The molecule has 0 aliphatic heterocycles. The summed E-state index contributed by atoms with van der Waals surface area (Å²) in [7, 11) is -3.73. The van der Waals surface area contributed by atoms with E-state index in [2.05, 4.69) is 10.6 Å². The van der Waals surface area contributed by atoms with Gasteiger partial charge in [0, 0.05) is 35.9 Å². The van der Waals surface area contributed by atoms with Crippen LogP contribution < -0.4 is 10.6 Å². The highest BCUT2D eigenvalue weighted by Crippen LogP contribution is 2.16. The summed E-state index contributed by atoms with van der Waals surface area (Å²) < 4.78 is 24.2. The van der Waals surface area contributed by atoms with Crippen LogP contribution in [0.5, 0.6) is 0 Å². The summed E-state index contributed by atoms with van der Waals surface area (Å²) in [5, 5.41) is 16.4. The summed E-state index contributed by atoms with van der Waals surface area (Å²) in [6.07, 6.45) is 0. The minimum Gasteiger partial charge on any atom is -0.383 e. The number of hydrogen-bond acceptors (Lipinski definition) is 6. The Hall–Kier alpha value is -2.65. The summed E-state index contributed by atoms with van der Waals surface area (Å²) in [6, 6.07) is 11.4. The fourth-order valence-electron chi connectivity index (χ4n) is 2.06. The van der Waals surface area contributed by atoms with Crippen LogP contribution in [0.4, 0.5) is 11.4 Å². The Kier molecular flexibility index (Phi) is 6.53. The predicted molar refractivity (Wildman–Crippen MR) is 98.1 cm³/mol. The molecular formula is C16H16ClN3O5S. The van der Waals surface area contributed by atoms with Crippen molar-refractivity contribution >= 4 is 38.7 Å². The lowest BCUT2D eigenvalue weighted by Gasteiger charge is -2.08. The summed E-state index contributed by atoms with van der Waals surface area (Å²) in [5.74, 6) is -1.28. The topological polar surface area (TPSA) is 118 Å². The third-order valence-corrected chi connectivity index (χ3v) is 5.23. The smallest absolute Gasteiger partial charge is 0.269 e. The van der Waals surface area contributed by atoms with Gasteiger partial charge in [-0.2, -0.15) is 0 Å².